The topological polar surface area (TPSA) is 61.8 Å². The first-order chi connectivity index (χ1) is 8.74. The summed E-state index contributed by atoms with van der Waals surface area (Å²) in [5, 5.41) is 13.0. The predicted octanol–water partition coefficient (Wildman–Crippen LogP) is -0.121. The van der Waals surface area contributed by atoms with Crippen molar-refractivity contribution in [3.8, 4) is 0 Å². The standard InChI is InChI=1S/C13H22N2O3/c16-11-5-9-1-2-10(6-11)15(9)13(17)7-12-8-14-3-4-18-12/h9-12,14,16H,1-8H2. The third-order valence-electron chi connectivity index (χ3n) is 4.40. The first-order valence-electron chi connectivity index (χ1n) is 7.05. The van der Waals surface area contributed by atoms with Gasteiger partial charge >= 0.3 is 0 Å². The van der Waals surface area contributed by atoms with Gasteiger partial charge in [-0.3, -0.25) is 4.79 Å². The largest absolute Gasteiger partial charge is 0.393 e. The van der Waals surface area contributed by atoms with Crippen LogP contribution in [0.5, 0.6) is 0 Å². The van der Waals surface area contributed by atoms with Gasteiger partial charge in [0.2, 0.25) is 5.91 Å². The SMILES string of the molecule is O=C(CC1CNCCO1)N1C2CCC1CC(O)C2. The maximum absolute atomic E-state index is 12.4. The predicted molar refractivity (Wildman–Crippen MR) is 66.1 cm³/mol. The number of amides is 1. The maximum Gasteiger partial charge on any atom is 0.225 e. The van der Waals surface area contributed by atoms with Crippen molar-refractivity contribution in [3.05, 3.63) is 0 Å². The van der Waals surface area contributed by atoms with Gasteiger partial charge < -0.3 is 20.1 Å². The number of hydrogen-bond donors (Lipinski definition) is 2. The Morgan fingerprint density at radius 3 is 2.67 bits per heavy atom. The number of carbonyl (C=O) groups excluding carboxylic acids is 1. The number of hydrogen-bond acceptors (Lipinski definition) is 4. The van der Waals surface area contributed by atoms with Gasteiger partial charge in [0.25, 0.3) is 0 Å². The second-order valence-corrected chi connectivity index (χ2v) is 5.71. The van der Waals surface area contributed by atoms with Crippen LogP contribution in [0.25, 0.3) is 0 Å². The molecule has 5 heteroatoms. The molecule has 18 heavy (non-hydrogen) atoms. The van der Waals surface area contributed by atoms with E-state index in [4.69, 9.17) is 4.74 Å². The van der Waals surface area contributed by atoms with E-state index in [0.717, 1.165) is 38.8 Å². The van der Waals surface area contributed by atoms with Crippen molar-refractivity contribution < 1.29 is 14.6 Å². The number of aliphatic hydroxyl groups excluding tert-OH is 1. The summed E-state index contributed by atoms with van der Waals surface area (Å²) in [7, 11) is 0. The first-order valence-corrected chi connectivity index (χ1v) is 7.05. The highest BCUT2D eigenvalue weighted by molar-refractivity contribution is 5.78. The van der Waals surface area contributed by atoms with Crippen molar-refractivity contribution >= 4 is 5.91 Å². The minimum Gasteiger partial charge on any atom is -0.393 e. The quantitative estimate of drug-likeness (QED) is 0.721. The monoisotopic (exact) mass is 254 g/mol. The number of carbonyl (C=O) groups is 1. The number of rotatable bonds is 2. The Labute approximate surface area is 107 Å². The van der Waals surface area contributed by atoms with Crippen LogP contribution in [0, 0.1) is 0 Å². The van der Waals surface area contributed by atoms with Gasteiger partial charge in [-0.1, -0.05) is 0 Å². The Hall–Kier alpha value is -0.650. The van der Waals surface area contributed by atoms with Gasteiger partial charge in [-0.25, -0.2) is 0 Å². The Balaban J connectivity index is 1.59. The zero-order chi connectivity index (χ0) is 12.5. The van der Waals surface area contributed by atoms with E-state index in [2.05, 4.69) is 5.32 Å². The summed E-state index contributed by atoms with van der Waals surface area (Å²) in [6.45, 7) is 2.35. The van der Waals surface area contributed by atoms with Crippen LogP contribution in [-0.4, -0.2) is 59.9 Å². The molecule has 0 aromatic heterocycles. The summed E-state index contributed by atoms with van der Waals surface area (Å²) in [6, 6.07) is 0.533. The lowest BCUT2D eigenvalue weighted by Gasteiger charge is -2.38. The molecule has 0 spiro atoms. The normalized spacial score (nSPS) is 39.9. The van der Waals surface area contributed by atoms with Gasteiger partial charge in [0.1, 0.15) is 0 Å². The van der Waals surface area contributed by atoms with Gasteiger partial charge in [-0.15, -0.1) is 0 Å². The lowest BCUT2D eigenvalue weighted by atomic mass is 9.99. The Kier molecular flexibility index (Phi) is 3.54. The molecule has 3 aliphatic rings. The average Bonchev–Trinajstić information content (AvgIpc) is 2.63. The smallest absolute Gasteiger partial charge is 0.225 e. The molecular formula is C13H22N2O3. The van der Waals surface area contributed by atoms with Crippen molar-refractivity contribution in [2.45, 2.75) is 56.4 Å². The van der Waals surface area contributed by atoms with Gasteiger partial charge in [0.15, 0.2) is 0 Å². The molecule has 2 N–H and O–H groups in total. The van der Waals surface area contributed by atoms with Crippen LogP contribution in [-0.2, 0) is 9.53 Å². The first kappa shape index (κ1) is 12.4. The maximum atomic E-state index is 12.4. The van der Waals surface area contributed by atoms with Gasteiger partial charge in [0, 0.05) is 25.2 Å². The highest BCUT2D eigenvalue weighted by Crippen LogP contribution is 2.36. The lowest BCUT2D eigenvalue weighted by molar-refractivity contribution is -0.140. The molecule has 3 fully saturated rings. The molecule has 3 aliphatic heterocycles. The van der Waals surface area contributed by atoms with Crippen LogP contribution < -0.4 is 5.32 Å². The van der Waals surface area contributed by atoms with Crippen LogP contribution in [0.15, 0.2) is 0 Å². The average molecular weight is 254 g/mol. The fourth-order valence-electron chi connectivity index (χ4n) is 3.61. The van der Waals surface area contributed by atoms with Crippen LogP contribution in [0.2, 0.25) is 0 Å². The number of piperidine rings is 1. The van der Waals surface area contributed by atoms with Crippen LogP contribution >= 0.6 is 0 Å². The zero-order valence-electron chi connectivity index (χ0n) is 10.7. The Bertz CT molecular complexity index is 303. The zero-order valence-corrected chi connectivity index (χ0v) is 10.7. The highest BCUT2D eigenvalue weighted by Gasteiger charge is 2.42. The van der Waals surface area contributed by atoms with Gasteiger partial charge in [0.05, 0.1) is 25.2 Å². The Morgan fingerprint density at radius 2 is 2.06 bits per heavy atom. The fourth-order valence-corrected chi connectivity index (χ4v) is 3.61. The summed E-state index contributed by atoms with van der Waals surface area (Å²) in [5.41, 5.74) is 0. The minimum atomic E-state index is -0.209. The number of fused-ring (bicyclic) bond motifs is 2. The lowest BCUT2D eigenvalue weighted by Crippen LogP contribution is -2.50. The fraction of sp³-hybridized carbons (Fsp3) is 0.923. The number of ether oxygens (including phenoxy) is 1. The molecule has 1 amide bonds. The molecule has 3 heterocycles. The minimum absolute atomic E-state index is 0.0255. The second-order valence-electron chi connectivity index (χ2n) is 5.71. The van der Waals surface area contributed by atoms with Crippen LogP contribution in [0.1, 0.15) is 32.1 Å². The van der Waals surface area contributed by atoms with Crippen molar-refractivity contribution in [1.82, 2.24) is 10.2 Å². The second kappa shape index (κ2) is 5.15. The summed E-state index contributed by atoms with van der Waals surface area (Å²) >= 11 is 0. The van der Waals surface area contributed by atoms with Crippen LogP contribution in [0.3, 0.4) is 0 Å². The van der Waals surface area contributed by atoms with Gasteiger partial charge in [-0.2, -0.15) is 0 Å². The molecule has 0 aromatic carbocycles. The molecule has 0 aromatic rings. The summed E-state index contributed by atoms with van der Waals surface area (Å²) in [5.74, 6) is 0.211. The van der Waals surface area contributed by atoms with Crippen molar-refractivity contribution in [2.24, 2.45) is 0 Å². The van der Waals surface area contributed by atoms with E-state index in [0.29, 0.717) is 13.0 Å². The van der Waals surface area contributed by atoms with Gasteiger partial charge in [-0.05, 0) is 25.7 Å². The molecule has 3 unspecified atom stereocenters. The number of nitrogens with zero attached hydrogens (tertiary/aromatic N) is 1. The van der Waals surface area contributed by atoms with E-state index < -0.39 is 0 Å². The summed E-state index contributed by atoms with van der Waals surface area (Å²) in [4.78, 5) is 14.4. The number of nitrogens with one attached hydrogen (secondary N) is 1. The molecule has 102 valence electrons. The van der Waals surface area contributed by atoms with E-state index in [1.165, 1.54) is 0 Å². The molecule has 3 rings (SSSR count). The molecule has 0 aliphatic carbocycles. The van der Waals surface area contributed by atoms with E-state index >= 15 is 0 Å². The third-order valence-corrected chi connectivity index (χ3v) is 4.40. The number of aliphatic hydroxyl groups is 1. The van der Waals surface area contributed by atoms with Crippen molar-refractivity contribution in [2.75, 3.05) is 19.7 Å². The van der Waals surface area contributed by atoms with Crippen molar-refractivity contribution in [1.29, 1.82) is 0 Å². The Morgan fingerprint density at radius 1 is 1.33 bits per heavy atom. The van der Waals surface area contributed by atoms with E-state index in [1.807, 2.05) is 4.90 Å². The van der Waals surface area contributed by atoms with E-state index in [-0.39, 0.29) is 30.2 Å². The third kappa shape index (κ3) is 2.39. The highest BCUT2D eigenvalue weighted by atomic mass is 16.5. The molecule has 0 radical (unpaired) electrons. The molecule has 5 nitrogen and oxygen atoms in total. The number of morpholine rings is 1. The molecule has 3 saturated heterocycles. The van der Waals surface area contributed by atoms with Crippen molar-refractivity contribution in [3.63, 3.8) is 0 Å². The molecule has 3 atom stereocenters. The molecular weight excluding hydrogens is 232 g/mol. The summed E-state index contributed by atoms with van der Waals surface area (Å²) in [6.07, 6.45) is 3.92. The summed E-state index contributed by atoms with van der Waals surface area (Å²) < 4.78 is 5.59. The van der Waals surface area contributed by atoms with E-state index in [1.54, 1.807) is 0 Å². The van der Waals surface area contributed by atoms with E-state index in [9.17, 15) is 9.90 Å². The molecule has 2 bridgehead atoms. The molecule has 0 saturated carbocycles. The van der Waals surface area contributed by atoms with Crippen LogP contribution in [0.4, 0.5) is 0 Å².